The monoisotopic (exact) mass is 394 g/mol. The van der Waals surface area contributed by atoms with E-state index in [2.05, 4.69) is 38.7 Å². The van der Waals surface area contributed by atoms with Gasteiger partial charge in [0.2, 0.25) is 11.8 Å². The zero-order valence-corrected chi connectivity index (χ0v) is 15.7. The predicted molar refractivity (Wildman–Crippen MR) is 99.7 cm³/mol. The summed E-state index contributed by atoms with van der Waals surface area (Å²) in [5, 5.41) is 5.57. The first kappa shape index (κ1) is 19.0. The number of carbonyl (C=O) groups is 2. The van der Waals surface area contributed by atoms with Gasteiger partial charge in [-0.1, -0.05) is 53.7 Å². The summed E-state index contributed by atoms with van der Waals surface area (Å²) in [5.41, 5.74) is 1.25. The van der Waals surface area contributed by atoms with Crippen LogP contribution in [-0.4, -0.2) is 24.9 Å². The average molecular weight is 395 g/mol. The van der Waals surface area contributed by atoms with Gasteiger partial charge >= 0.3 is 0 Å². The molecule has 2 amide bonds. The van der Waals surface area contributed by atoms with Crippen molar-refractivity contribution in [1.29, 1.82) is 0 Å². The molecule has 1 aliphatic rings. The van der Waals surface area contributed by atoms with E-state index < -0.39 is 0 Å². The molecule has 2 N–H and O–H groups in total. The van der Waals surface area contributed by atoms with Crippen LogP contribution >= 0.6 is 15.9 Å². The summed E-state index contributed by atoms with van der Waals surface area (Å²) in [6.45, 7) is 0.712. The molecule has 4 nitrogen and oxygen atoms in total. The Balaban J connectivity index is 1.50. The molecule has 132 valence electrons. The number of halogens is 1. The Hall–Kier alpha value is -1.36. The predicted octanol–water partition coefficient (Wildman–Crippen LogP) is 3.58. The lowest BCUT2D eigenvalue weighted by Crippen LogP contribution is -2.37. The van der Waals surface area contributed by atoms with Crippen molar-refractivity contribution in [3.05, 3.63) is 34.3 Å². The molecule has 1 fully saturated rings. The van der Waals surface area contributed by atoms with Crippen molar-refractivity contribution in [3.63, 3.8) is 0 Å². The van der Waals surface area contributed by atoms with Crippen LogP contribution in [0.3, 0.4) is 0 Å². The summed E-state index contributed by atoms with van der Waals surface area (Å²) in [4.78, 5) is 23.5. The van der Waals surface area contributed by atoms with Crippen molar-refractivity contribution in [1.82, 2.24) is 10.6 Å². The van der Waals surface area contributed by atoms with Gasteiger partial charge in [-0.3, -0.25) is 9.59 Å². The van der Waals surface area contributed by atoms with E-state index >= 15 is 0 Å². The van der Waals surface area contributed by atoms with E-state index in [1.165, 1.54) is 31.2 Å². The number of nitrogens with one attached hydrogen (secondary N) is 2. The molecular weight excluding hydrogens is 368 g/mol. The fourth-order valence-electron chi connectivity index (χ4n) is 3.18. The molecule has 1 aliphatic carbocycles. The van der Waals surface area contributed by atoms with Gasteiger partial charge in [0, 0.05) is 17.4 Å². The Morgan fingerprint density at radius 3 is 2.67 bits per heavy atom. The number of carbonyl (C=O) groups excluding carboxylic acids is 2. The van der Waals surface area contributed by atoms with Crippen molar-refractivity contribution in [2.24, 2.45) is 5.92 Å². The molecule has 0 heterocycles. The van der Waals surface area contributed by atoms with Gasteiger partial charge in [-0.2, -0.15) is 0 Å². The van der Waals surface area contributed by atoms with Crippen molar-refractivity contribution in [3.8, 4) is 0 Å². The van der Waals surface area contributed by atoms with Crippen LogP contribution in [0.5, 0.6) is 0 Å². The SMILES string of the molecule is O=C(CCC1CCCC1)NCC(=O)NCCCc1cccc(Br)c1. The Labute approximate surface area is 152 Å². The Kier molecular flexibility index (Phi) is 8.29. The summed E-state index contributed by atoms with van der Waals surface area (Å²) >= 11 is 3.45. The topological polar surface area (TPSA) is 58.2 Å². The molecule has 0 aromatic heterocycles. The molecule has 24 heavy (non-hydrogen) atoms. The van der Waals surface area contributed by atoms with Crippen molar-refractivity contribution >= 4 is 27.7 Å². The molecule has 0 saturated heterocycles. The first-order chi connectivity index (χ1) is 11.6. The highest BCUT2D eigenvalue weighted by Gasteiger charge is 2.16. The van der Waals surface area contributed by atoms with Gasteiger partial charge in [-0.25, -0.2) is 0 Å². The standard InChI is InChI=1S/C19H27BrN2O2/c20-17-9-3-7-16(13-17)8-4-12-21-19(24)14-22-18(23)11-10-15-5-1-2-6-15/h3,7,9,13,15H,1-2,4-6,8,10-12,14H2,(H,21,24)(H,22,23). The summed E-state index contributed by atoms with van der Waals surface area (Å²) in [6, 6.07) is 8.18. The second kappa shape index (κ2) is 10.5. The van der Waals surface area contributed by atoms with Crippen LogP contribution in [-0.2, 0) is 16.0 Å². The lowest BCUT2D eigenvalue weighted by atomic mass is 10.0. The minimum atomic E-state index is -0.113. The van der Waals surface area contributed by atoms with E-state index in [-0.39, 0.29) is 18.4 Å². The maximum atomic E-state index is 11.8. The second-order valence-electron chi connectivity index (χ2n) is 6.55. The van der Waals surface area contributed by atoms with Crippen molar-refractivity contribution < 1.29 is 9.59 Å². The zero-order valence-electron chi connectivity index (χ0n) is 14.2. The third-order valence-corrected chi connectivity index (χ3v) is 5.05. The number of amides is 2. The third kappa shape index (κ3) is 7.47. The molecule has 2 rings (SSSR count). The second-order valence-corrected chi connectivity index (χ2v) is 7.46. The van der Waals surface area contributed by atoms with E-state index in [0.717, 1.165) is 23.7 Å². The minimum Gasteiger partial charge on any atom is -0.355 e. The van der Waals surface area contributed by atoms with Crippen LogP contribution in [0, 0.1) is 5.92 Å². The van der Waals surface area contributed by atoms with Gasteiger partial charge in [-0.15, -0.1) is 0 Å². The molecule has 1 aromatic carbocycles. The maximum Gasteiger partial charge on any atom is 0.239 e. The molecule has 0 unspecified atom stereocenters. The van der Waals surface area contributed by atoms with Crippen LogP contribution in [0.2, 0.25) is 0 Å². The minimum absolute atomic E-state index is 0.00816. The summed E-state index contributed by atoms with van der Waals surface area (Å²) in [7, 11) is 0. The van der Waals surface area contributed by atoms with Crippen LogP contribution < -0.4 is 10.6 Å². The normalized spacial score (nSPS) is 14.5. The molecule has 1 saturated carbocycles. The van der Waals surface area contributed by atoms with Crippen LogP contribution in [0.1, 0.15) is 50.5 Å². The van der Waals surface area contributed by atoms with Crippen LogP contribution in [0.25, 0.3) is 0 Å². The molecule has 5 heteroatoms. The van der Waals surface area contributed by atoms with E-state index in [1.807, 2.05) is 12.1 Å². The van der Waals surface area contributed by atoms with E-state index in [9.17, 15) is 9.59 Å². The quantitative estimate of drug-likeness (QED) is 0.628. The number of rotatable bonds is 9. The Morgan fingerprint density at radius 1 is 1.12 bits per heavy atom. The van der Waals surface area contributed by atoms with E-state index in [4.69, 9.17) is 0 Å². The Morgan fingerprint density at radius 2 is 1.92 bits per heavy atom. The molecule has 0 bridgehead atoms. The van der Waals surface area contributed by atoms with Crippen molar-refractivity contribution in [2.45, 2.75) is 51.4 Å². The smallest absolute Gasteiger partial charge is 0.239 e. The lowest BCUT2D eigenvalue weighted by Gasteiger charge is -2.09. The highest BCUT2D eigenvalue weighted by Crippen LogP contribution is 2.28. The highest BCUT2D eigenvalue weighted by molar-refractivity contribution is 9.10. The maximum absolute atomic E-state index is 11.8. The fraction of sp³-hybridized carbons (Fsp3) is 0.579. The number of benzene rings is 1. The fourth-order valence-corrected chi connectivity index (χ4v) is 3.62. The lowest BCUT2D eigenvalue weighted by molar-refractivity contribution is -0.126. The van der Waals surface area contributed by atoms with Gasteiger partial charge in [0.1, 0.15) is 0 Å². The molecule has 0 aliphatic heterocycles. The molecule has 0 atom stereocenters. The largest absolute Gasteiger partial charge is 0.355 e. The summed E-state index contributed by atoms with van der Waals surface area (Å²) in [5.74, 6) is 0.590. The molecule has 1 aromatic rings. The van der Waals surface area contributed by atoms with Crippen molar-refractivity contribution in [2.75, 3.05) is 13.1 Å². The molecule has 0 radical (unpaired) electrons. The summed E-state index contributed by atoms with van der Waals surface area (Å²) in [6.07, 6.45) is 8.42. The highest BCUT2D eigenvalue weighted by atomic mass is 79.9. The van der Waals surface area contributed by atoms with E-state index in [1.54, 1.807) is 0 Å². The zero-order chi connectivity index (χ0) is 17.2. The first-order valence-corrected chi connectivity index (χ1v) is 9.70. The van der Waals surface area contributed by atoms with Gasteiger partial charge in [0.05, 0.1) is 6.54 Å². The summed E-state index contributed by atoms with van der Waals surface area (Å²) < 4.78 is 1.07. The Bertz CT molecular complexity index is 542. The number of aryl methyl sites for hydroxylation is 1. The number of hydrogen-bond acceptors (Lipinski definition) is 2. The van der Waals surface area contributed by atoms with Gasteiger partial charge in [0.15, 0.2) is 0 Å². The average Bonchev–Trinajstić information content (AvgIpc) is 3.08. The van der Waals surface area contributed by atoms with E-state index in [0.29, 0.717) is 18.9 Å². The number of hydrogen-bond donors (Lipinski definition) is 2. The van der Waals surface area contributed by atoms with Gasteiger partial charge in [0.25, 0.3) is 0 Å². The molecular formula is C19H27BrN2O2. The van der Waals surface area contributed by atoms with Crippen LogP contribution in [0.15, 0.2) is 28.7 Å². The first-order valence-electron chi connectivity index (χ1n) is 8.91. The van der Waals surface area contributed by atoms with Gasteiger partial charge in [-0.05, 0) is 42.9 Å². The van der Waals surface area contributed by atoms with Crippen LogP contribution in [0.4, 0.5) is 0 Å². The van der Waals surface area contributed by atoms with Gasteiger partial charge < -0.3 is 10.6 Å². The third-order valence-electron chi connectivity index (χ3n) is 4.55. The molecule has 0 spiro atoms.